The highest BCUT2D eigenvalue weighted by Gasteiger charge is 2.13. The van der Waals surface area contributed by atoms with Gasteiger partial charge in [0.05, 0.1) is 0 Å². The molecule has 0 amide bonds. The lowest BCUT2D eigenvalue weighted by Crippen LogP contribution is -2.03. The number of aryl methyl sites for hydroxylation is 1. The minimum atomic E-state index is 0.672. The van der Waals surface area contributed by atoms with Crippen molar-refractivity contribution < 1.29 is 0 Å². The number of aromatic nitrogens is 1. The molecule has 1 aromatic heterocycles. The largest absolute Gasteiger partial charge is 0.354 e. The summed E-state index contributed by atoms with van der Waals surface area (Å²) in [5.74, 6) is 1.40. The van der Waals surface area contributed by atoms with Gasteiger partial charge in [-0.3, -0.25) is 0 Å². The summed E-state index contributed by atoms with van der Waals surface area (Å²) in [5.41, 5.74) is 2.89. The highest BCUT2D eigenvalue weighted by Crippen LogP contribution is 2.26. The molecule has 1 rings (SSSR count). The van der Waals surface area contributed by atoms with Crippen LogP contribution in [0.5, 0.6) is 0 Å². The Morgan fingerprint density at radius 3 is 2.17 bits per heavy atom. The highest BCUT2D eigenvalue weighted by molar-refractivity contribution is 5.24. The van der Waals surface area contributed by atoms with E-state index >= 15 is 0 Å². The lowest BCUT2D eigenvalue weighted by atomic mass is 9.91. The van der Waals surface area contributed by atoms with E-state index in [1.54, 1.807) is 0 Å². The van der Waals surface area contributed by atoms with Crippen molar-refractivity contribution in [1.29, 1.82) is 0 Å². The maximum absolute atomic E-state index is 2.30. The van der Waals surface area contributed by atoms with Crippen LogP contribution < -0.4 is 0 Å². The van der Waals surface area contributed by atoms with Crippen LogP contribution in [-0.2, 0) is 7.05 Å². The number of nitrogens with zero attached hydrogens (tertiary/aromatic N) is 1. The summed E-state index contributed by atoms with van der Waals surface area (Å²) in [4.78, 5) is 0. The molecule has 1 heteroatoms. The van der Waals surface area contributed by atoms with Crippen LogP contribution in [0.15, 0.2) is 12.3 Å². The maximum Gasteiger partial charge on any atom is 0.0175 e. The average molecular weight is 165 g/mol. The van der Waals surface area contributed by atoms with Gasteiger partial charge in [0, 0.05) is 18.9 Å². The molecule has 12 heavy (non-hydrogen) atoms. The predicted octanol–water partition coefficient (Wildman–Crippen LogP) is 3.09. The third-order valence-corrected chi connectivity index (χ3v) is 2.92. The number of hydrogen-bond acceptors (Lipinski definition) is 0. The van der Waals surface area contributed by atoms with Gasteiger partial charge in [-0.05, 0) is 30.4 Å². The summed E-state index contributed by atoms with van der Waals surface area (Å²) in [5, 5.41) is 0. The standard InChI is InChI=1S/C11H19N/c1-8(2)9(3)11-6-7-12(5)10(11)4/h6-9H,1-5H3. The van der Waals surface area contributed by atoms with E-state index in [4.69, 9.17) is 0 Å². The first-order valence-electron chi connectivity index (χ1n) is 4.66. The van der Waals surface area contributed by atoms with Gasteiger partial charge in [-0.15, -0.1) is 0 Å². The molecule has 1 nitrogen and oxygen atoms in total. The first-order chi connectivity index (χ1) is 5.54. The summed E-state index contributed by atoms with van der Waals surface area (Å²) in [7, 11) is 2.10. The Balaban J connectivity index is 2.95. The van der Waals surface area contributed by atoms with Crippen LogP contribution in [0.1, 0.15) is 37.9 Å². The van der Waals surface area contributed by atoms with Crippen molar-refractivity contribution in [1.82, 2.24) is 4.57 Å². The minimum Gasteiger partial charge on any atom is -0.354 e. The summed E-state index contributed by atoms with van der Waals surface area (Å²) in [6.07, 6.45) is 2.14. The van der Waals surface area contributed by atoms with Crippen LogP contribution in [-0.4, -0.2) is 4.57 Å². The quantitative estimate of drug-likeness (QED) is 0.634. The van der Waals surface area contributed by atoms with Crippen molar-refractivity contribution >= 4 is 0 Å². The SMILES string of the molecule is Cc1c(C(C)C(C)C)ccn1C. The Morgan fingerprint density at radius 1 is 1.25 bits per heavy atom. The molecule has 1 unspecified atom stereocenters. The number of hydrogen-bond donors (Lipinski definition) is 0. The van der Waals surface area contributed by atoms with Crippen LogP contribution in [0.2, 0.25) is 0 Å². The van der Waals surface area contributed by atoms with Crippen LogP contribution >= 0.6 is 0 Å². The Hall–Kier alpha value is -0.720. The molecular weight excluding hydrogens is 146 g/mol. The molecule has 0 radical (unpaired) electrons. The lowest BCUT2D eigenvalue weighted by molar-refractivity contribution is 0.532. The first-order valence-corrected chi connectivity index (χ1v) is 4.66. The molecule has 1 atom stereocenters. The second kappa shape index (κ2) is 3.34. The van der Waals surface area contributed by atoms with Crippen molar-refractivity contribution in [2.45, 2.75) is 33.6 Å². The van der Waals surface area contributed by atoms with Gasteiger partial charge in [-0.1, -0.05) is 20.8 Å². The van der Waals surface area contributed by atoms with Gasteiger partial charge in [0.1, 0.15) is 0 Å². The fourth-order valence-corrected chi connectivity index (χ4v) is 1.47. The molecule has 0 saturated heterocycles. The van der Waals surface area contributed by atoms with E-state index in [1.165, 1.54) is 11.3 Å². The second-order valence-electron chi connectivity index (χ2n) is 4.00. The summed E-state index contributed by atoms with van der Waals surface area (Å²) < 4.78 is 2.19. The molecule has 1 heterocycles. The normalized spacial score (nSPS) is 13.8. The maximum atomic E-state index is 2.30. The van der Waals surface area contributed by atoms with Crippen molar-refractivity contribution in [3.8, 4) is 0 Å². The molecular formula is C11H19N. The fourth-order valence-electron chi connectivity index (χ4n) is 1.47. The second-order valence-corrected chi connectivity index (χ2v) is 4.00. The Kier molecular flexibility index (Phi) is 2.61. The minimum absolute atomic E-state index is 0.672. The van der Waals surface area contributed by atoms with E-state index in [1.807, 2.05) is 0 Å². The van der Waals surface area contributed by atoms with E-state index in [0.717, 1.165) is 5.92 Å². The van der Waals surface area contributed by atoms with Gasteiger partial charge in [-0.25, -0.2) is 0 Å². The molecule has 0 aromatic carbocycles. The highest BCUT2D eigenvalue weighted by atomic mass is 14.9. The molecule has 0 aliphatic carbocycles. The topological polar surface area (TPSA) is 4.93 Å². The van der Waals surface area contributed by atoms with Gasteiger partial charge in [0.2, 0.25) is 0 Å². The van der Waals surface area contributed by atoms with Crippen LogP contribution in [0.25, 0.3) is 0 Å². The van der Waals surface area contributed by atoms with Crippen LogP contribution in [0, 0.1) is 12.8 Å². The lowest BCUT2D eigenvalue weighted by Gasteiger charge is -2.15. The van der Waals surface area contributed by atoms with Gasteiger partial charge in [0.15, 0.2) is 0 Å². The molecule has 0 aliphatic rings. The monoisotopic (exact) mass is 165 g/mol. The van der Waals surface area contributed by atoms with Crippen molar-refractivity contribution in [2.24, 2.45) is 13.0 Å². The van der Waals surface area contributed by atoms with Crippen LogP contribution in [0.4, 0.5) is 0 Å². The van der Waals surface area contributed by atoms with Crippen molar-refractivity contribution in [3.05, 3.63) is 23.5 Å². The molecule has 1 aromatic rings. The third kappa shape index (κ3) is 1.55. The first kappa shape index (κ1) is 9.37. The Bertz CT molecular complexity index is 258. The fraction of sp³-hybridized carbons (Fsp3) is 0.636. The molecule has 0 aliphatic heterocycles. The van der Waals surface area contributed by atoms with E-state index in [2.05, 4.69) is 51.6 Å². The van der Waals surface area contributed by atoms with E-state index in [-0.39, 0.29) is 0 Å². The zero-order valence-electron chi connectivity index (χ0n) is 8.76. The average Bonchev–Trinajstić information content (AvgIpc) is 2.32. The van der Waals surface area contributed by atoms with Crippen molar-refractivity contribution in [3.63, 3.8) is 0 Å². The van der Waals surface area contributed by atoms with Gasteiger partial charge in [-0.2, -0.15) is 0 Å². The summed E-state index contributed by atoms with van der Waals surface area (Å²) in [6, 6.07) is 2.24. The van der Waals surface area contributed by atoms with E-state index in [0.29, 0.717) is 5.92 Å². The summed E-state index contributed by atoms with van der Waals surface area (Å²) >= 11 is 0. The van der Waals surface area contributed by atoms with E-state index < -0.39 is 0 Å². The Morgan fingerprint density at radius 2 is 1.83 bits per heavy atom. The zero-order valence-corrected chi connectivity index (χ0v) is 8.76. The van der Waals surface area contributed by atoms with E-state index in [9.17, 15) is 0 Å². The molecule has 0 N–H and O–H groups in total. The molecule has 68 valence electrons. The van der Waals surface area contributed by atoms with Gasteiger partial charge in [0.25, 0.3) is 0 Å². The third-order valence-electron chi connectivity index (χ3n) is 2.92. The summed E-state index contributed by atoms with van der Waals surface area (Å²) in [6.45, 7) is 9.04. The van der Waals surface area contributed by atoms with Gasteiger partial charge >= 0.3 is 0 Å². The molecule has 0 saturated carbocycles. The van der Waals surface area contributed by atoms with Crippen LogP contribution in [0.3, 0.4) is 0 Å². The van der Waals surface area contributed by atoms with Crippen molar-refractivity contribution in [2.75, 3.05) is 0 Å². The molecule has 0 spiro atoms. The van der Waals surface area contributed by atoms with Gasteiger partial charge < -0.3 is 4.57 Å². The predicted molar refractivity (Wildman–Crippen MR) is 53.4 cm³/mol. The molecule has 0 bridgehead atoms. The molecule has 0 fully saturated rings. The smallest absolute Gasteiger partial charge is 0.0175 e. The number of rotatable bonds is 2. The zero-order chi connectivity index (χ0) is 9.30. The Labute approximate surface area is 75.4 Å².